The van der Waals surface area contributed by atoms with Crippen molar-refractivity contribution in [2.75, 3.05) is 6.61 Å². The average Bonchev–Trinajstić information content (AvgIpc) is 2.77. The Kier molecular flexibility index (Phi) is 4.58. The van der Waals surface area contributed by atoms with E-state index in [1.165, 1.54) is 15.6 Å². The molecule has 0 aliphatic heterocycles. The fraction of sp³-hybridized carbons (Fsp3) is 0.467. The molecule has 3 N–H and O–H groups in total. The lowest BCUT2D eigenvalue weighted by Gasteiger charge is -2.24. The first kappa shape index (κ1) is 14.5. The summed E-state index contributed by atoms with van der Waals surface area (Å²) in [5.74, 6) is 5.64. The van der Waals surface area contributed by atoms with Crippen LogP contribution in [0.5, 0.6) is 0 Å². The van der Waals surface area contributed by atoms with Crippen molar-refractivity contribution < 1.29 is 4.74 Å². The van der Waals surface area contributed by atoms with Gasteiger partial charge < -0.3 is 4.74 Å². The Morgan fingerprint density at radius 2 is 2.05 bits per heavy atom. The van der Waals surface area contributed by atoms with Crippen LogP contribution in [0.4, 0.5) is 0 Å². The molecule has 0 fully saturated rings. The van der Waals surface area contributed by atoms with Crippen LogP contribution in [-0.4, -0.2) is 18.2 Å². The number of nitrogens with two attached hydrogens (primary N) is 1. The highest BCUT2D eigenvalue weighted by atomic mass is 32.1. The van der Waals surface area contributed by atoms with Gasteiger partial charge in [-0.15, -0.1) is 11.3 Å². The van der Waals surface area contributed by atoms with Crippen LogP contribution in [0.15, 0.2) is 29.6 Å². The molecule has 1 unspecified atom stereocenters. The Morgan fingerprint density at radius 3 is 2.74 bits per heavy atom. The van der Waals surface area contributed by atoms with E-state index in [1.807, 2.05) is 0 Å². The van der Waals surface area contributed by atoms with Crippen LogP contribution in [0.3, 0.4) is 0 Å². The SMILES string of the molecule is CC(C)(C)OCC(Cc1csc2ccccc12)NN. The fourth-order valence-corrected chi connectivity index (χ4v) is 2.95. The number of thiophene rings is 1. The summed E-state index contributed by atoms with van der Waals surface area (Å²) in [7, 11) is 0. The minimum Gasteiger partial charge on any atom is -0.374 e. The Balaban J connectivity index is 2.06. The highest BCUT2D eigenvalue weighted by Gasteiger charge is 2.16. The van der Waals surface area contributed by atoms with Crippen molar-refractivity contribution in [2.24, 2.45) is 5.84 Å². The summed E-state index contributed by atoms with van der Waals surface area (Å²) >= 11 is 1.78. The van der Waals surface area contributed by atoms with Crippen molar-refractivity contribution in [3.8, 4) is 0 Å². The molecule has 0 spiro atoms. The Labute approximate surface area is 118 Å². The summed E-state index contributed by atoms with van der Waals surface area (Å²) in [6.45, 7) is 6.78. The second-order valence-corrected chi connectivity index (χ2v) is 6.66. The molecule has 1 aromatic heterocycles. The minimum absolute atomic E-state index is 0.133. The first-order chi connectivity index (χ1) is 8.99. The van der Waals surface area contributed by atoms with Crippen LogP contribution in [0.25, 0.3) is 10.1 Å². The summed E-state index contributed by atoms with van der Waals surface area (Å²) in [5, 5.41) is 3.54. The molecular weight excluding hydrogens is 256 g/mol. The zero-order chi connectivity index (χ0) is 13.9. The predicted octanol–water partition coefficient (Wildman–Crippen LogP) is 3.09. The van der Waals surface area contributed by atoms with E-state index in [4.69, 9.17) is 10.6 Å². The van der Waals surface area contributed by atoms with E-state index in [0.717, 1.165) is 6.42 Å². The number of hydrazine groups is 1. The van der Waals surface area contributed by atoms with Gasteiger partial charge in [0.15, 0.2) is 0 Å². The maximum Gasteiger partial charge on any atom is 0.0643 e. The lowest BCUT2D eigenvalue weighted by molar-refractivity contribution is -0.0143. The summed E-state index contributed by atoms with van der Waals surface area (Å²) in [6, 6.07) is 8.61. The van der Waals surface area contributed by atoms with E-state index in [2.05, 4.69) is 55.8 Å². The molecule has 0 saturated carbocycles. The highest BCUT2D eigenvalue weighted by molar-refractivity contribution is 7.17. The van der Waals surface area contributed by atoms with Crippen LogP contribution in [0.1, 0.15) is 26.3 Å². The Bertz CT molecular complexity index is 530. The standard InChI is InChI=1S/C15H22N2OS/c1-15(2,3)18-9-12(17-16)8-11-10-19-14-7-5-4-6-13(11)14/h4-7,10,12,17H,8-9,16H2,1-3H3. The molecule has 0 amide bonds. The summed E-state index contributed by atoms with van der Waals surface area (Å²) < 4.78 is 7.13. The number of rotatable bonds is 5. The lowest BCUT2D eigenvalue weighted by Crippen LogP contribution is -2.42. The number of nitrogens with one attached hydrogen (secondary N) is 1. The van der Waals surface area contributed by atoms with Crippen LogP contribution in [0.2, 0.25) is 0 Å². The number of fused-ring (bicyclic) bond motifs is 1. The van der Waals surface area contributed by atoms with E-state index < -0.39 is 0 Å². The molecule has 0 radical (unpaired) electrons. The second kappa shape index (κ2) is 6.01. The zero-order valence-corrected chi connectivity index (χ0v) is 12.6. The van der Waals surface area contributed by atoms with Gasteiger partial charge in [0.2, 0.25) is 0 Å². The van der Waals surface area contributed by atoms with E-state index >= 15 is 0 Å². The van der Waals surface area contributed by atoms with Gasteiger partial charge in [0.25, 0.3) is 0 Å². The Morgan fingerprint density at radius 1 is 1.32 bits per heavy atom. The third kappa shape index (κ3) is 4.01. The van der Waals surface area contributed by atoms with Crippen molar-refractivity contribution in [3.63, 3.8) is 0 Å². The average molecular weight is 278 g/mol. The van der Waals surface area contributed by atoms with E-state index in [1.54, 1.807) is 11.3 Å². The number of benzene rings is 1. The molecule has 1 atom stereocenters. The maximum atomic E-state index is 5.80. The fourth-order valence-electron chi connectivity index (χ4n) is 1.97. The van der Waals surface area contributed by atoms with Crippen molar-refractivity contribution >= 4 is 21.4 Å². The minimum atomic E-state index is -0.133. The van der Waals surface area contributed by atoms with Crippen LogP contribution in [-0.2, 0) is 11.2 Å². The quantitative estimate of drug-likeness (QED) is 0.652. The molecule has 1 heterocycles. The molecule has 0 bridgehead atoms. The van der Waals surface area contributed by atoms with Crippen molar-refractivity contribution in [3.05, 3.63) is 35.2 Å². The van der Waals surface area contributed by atoms with Gasteiger partial charge in [0, 0.05) is 10.7 Å². The molecule has 0 aliphatic rings. The molecule has 0 saturated heterocycles. The monoisotopic (exact) mass is 278 g/mol. The van der Waals surface area contributed by atoms with Crippen molar-refractivity contribution in [1.29, 1.82) is 0 Å². The summed E-state index contributed by atoms with van der Waals surface area (Å²) in [5.41, 5.74) is 4.06. The zero-order valence-electron chi connectivity index (χ0n) is 11.8. The number of hydrogen-bond acceptors (Lipinski definition) is 4. The maximum absolute atomic E-state index is 5.80. The first-order valence-electron chi connectivity index (χ1n) is 6.55. The molecule has 2 rings (SSSR count). The molecule has 1 aromatic carbocycles. The van der Waals surface area contributed by atoms with Gasteiger partial charge in [-0.1, -0.05) is 18.2 Å². The third-order valence-corrected chi connectivity index (χ3v) is 3.99. The molecule has 2 aromatic rings. The molecule has 0 aliphatic carbocycles. The number of hydrogen-bond donors (Lipinski definition) is 2. The largest absolute Gasteiger partial charge is 0.374 e. The van der Waals surface area contributed by atoms with Gasteiger partial charge >= 0.3 is 0 Å². The first-order valence-corrected chi connectivity index (χ1v) is 7.43. The van der Waals surface area contributed by atoms with Crippen LogP contribution < -0.4 is 11.3 Å². The summed E-state index contributed by atoms with van der Waals surface area (Å²) in [6.07, 6.45) is 0.886. The predicted molar refractivity (Wildman–Crippen MR) is 82.3 cm³/mol. The van der Waals surface area contributed by atoms with Gasteiger partial charge in [-0.2, -0.15) is 0 Å². The Hall–Kier alpha value is -0.940. The van der Waals surface area contributed by atoms with Gasteiger partial charge in [-0.05, 0) is 49.6 Å². The van der Waals surface area contributed by atoms with E-state index in [9.17, 15) is 0 Å². The normalized spacial score (nSPS) is 13.9. The van der Waals surface area contributed by atoms with Gasteiger partial charge in [-0.25, -0.2) is 0 Å². The highest BCUT2D eigenvalue weighted by Crippen LogP contribution is 2.26. The van der Waals surface area contributed by atoms with Crippen LogP contribution >= 0.6 is 11.3 Å². The molecule has 4 heteroatoms. The van der Waals surface area contributed by atoms with Gasteiger partial charge in [0.05, 0.1) is 12.2 Å². The molecule has 104 valence electrons. The lowest BCUT2D eigenvalue weighted by atomic mass is 10.1. The van der Waals surface area contributed by atoms with Crippen molar-refractivity contribution in [1.82, 2.24) is 5.43 Å². The van der Waals surface area contributed by atoms with Crippen molar-refractivity contribution in [2.45, 2.75) is 38.8 Å². The van der Waals surface area contributed by atoms with Gasteiger partial charge in [-0.3, -0.25) is 11.3 Å². The van der Waals surface area contributed by atoms with Gasteiger partial charge in [0.1, 0.15) is 0 Å². The van der Waals surface area contributed by atoms with E-state index in [0.29, 0.717) is 6.61 Å². The molecule has 19 heavy (non-hydrogen) atoms. The van der Waals surface area contributed by atoms with E-state index in [-0.39, 0.29) is 11.6 Å². The summed E-state index contributed by atoms with van der Waals surface area (Å²) in [4.78, 5) is 0. The van der Waals surface area contributed by atoms with Crippen LogP contribution in [0, 0.1) is 0 Å². The third-order valence-electron chi connectivity index (χ3n) is 2.98. The topological polar surface area (TPSA) is 47.3 Å². The number of ether oxygens (including phenoxy) is 1. The second-order valence-electron chi connectivity index (χ2n) is 5.75. The molecular formula is C15H22N2OS. The molecule has 3 nitrogen and oxygen atoms in total. The smallest absolute Gasteiger partial charge is 0.0643 e.